The molecule has 0 aliphatic carbocycles. The number of hydrogen-bond donors (Lipinski definition) is 2. The van der Waals surface area contributed by atoms with E-state index in [1.807, 2.05) is 0 Å². The van der Waals surface area contributed by atoms with Crippen molar-refractivity contribution >= 4 is 30.8 Å². The van der Waals surface area contributed by atoms with E-state index in [9.17, 15) is 17.7 Å². The van der Waals surface area contributed by atoms with E-state index in [1.54, 1.807) is 13.8 Å². The second-order valence-corrected chi connectivity index (χ2v) is 6.82. The highest BCUT2D eigenvalue weighted by Crippen LogP contribution is 2.54. The van der Waals surface area contributed by atoms with Crippen LogP contribution >= 0.6 is 30.8 Å². The Morgan fingerprint density at radius 1 is 1.47 bits per heavy atom. The molecule has 0 fully saturated rings. The zero-order chi connectivity index (χ0) is 13.9. The first-order valence-electron chi connectivity index (χ1n) is 4.47. The quantitative estimate of drug-likeness (QED) is 0.448. The third-order valence-corrected chi connectivity index (χ3v) is 2.71. The molecule has 0 heterocycles. The van der Waals surface area contributed by atoms with Gasteiger partial charge in [-0.1, -0.05) is 0 Å². The maximum absolute atomic E-state index is 12.3. The number of hydrogen-bond acceptors (Lipinski definition) is 4. The summed E-state index contributed by atoms with van der Waals surface area (Å²) in [6.45, 7) is -2.07. The zero-order valence-corrected chi connectivity index (χ0v) is 11.6. The van der Waals surface area contributed by atoms with Gasteiger partial charge in [0.05, 0.1) is 19.1 Å². The molecule has 0 saturated heterocycles. The van der Waals surface area contributed by atoms with E-state index in [1.165, 1.54) is 0 Å². The highest BCUT2D eigenvalue weighted by atomic mass is 35.7. The number of rotatable bonds is 6. The molecule has 2 atom stereocenters. The predicted molar refractivity (Wildman–Crippen MR) is 60.2 cm³/mol. The van der Waals surface area contributed by atoms with Crippen molar-refractivity contribution in [2.24, 2.45) is 0 Å². The first kappa shape index (κ1) is 17.5. The lowest BCUT2D eigenvalue weighted by Crippen LogP contribution is -2.36. The van der Waals surface area contributed by atoms with Gasteiger partial charge < -0.3 is 9.63 Å². The van der Waals surface area contributed by atoms with Gasteiger partial charge in [0.2, 0.25) is 0 Å². The van der Waals surface area contributed by atoms with Gasteiger partial charge in [-0.15, -0.1) is 12.6 Å². The van der Waals surface area contributed by atoms with Crippen molar-refractivity contribution in [2.45, 2.75) is 37.5 Å². The minimum absolute atomic E-state index is 0.383. The van der Waals surface area contributed by atoms with Crippen LogP contribution in [0.2, 0.25) is 0 Å². The summed E-state index contributed by atoms with van der Waals surface area (Å²) >= 11 is 8.48. The Balaban J connectivity index is 4.75. The zero-order valence-electron chi connectivity index (χ0n) is 9.07. The molecule has 104 valence electrons. The largest absolute Gasteiger partial charge is 0.423 e. The lowest BCUT2D eigenvalue weighted by molar-refractivity contribution is -0.164. The molecular formula is C7H13ClF3O4PS. The van der Waals surface area contributed by atoms with Crippen LogP contribution in [0.3, 0.4) is 0 Å². The van der Waals surface area contributed by atoms with Crippen LogP contribution in [0.1, 0.15) is 20.3 Å². The molecule has 0 aromatic heterocycles. The SMILES string of the molecule is CC(C)OCC(S)(CC(F)(F)F)OP(=O)(O)Cl. The van der Waals surface area contributed by atoms with E-state index in [0.717, 1.165) is 0 Å². The molecule has 0 amide bonds. The fourth-order valence-corrected chi connectivity index (χ4v) is 2.59. The van der Waals surface area contributed by atoms with Crippen LogP contribution in [0.15, 0.2) is 0 Å². The predicted octanol–water partition coefficient (Wildman–Crippen LogP) is 3.35. The summed E-state index contributed by atoms with van der Waals surface area (Å²) in [7, 11) is 0. The van der Waals surface area contributed by atoms with Crippen LogP contribution in [0.4, 0.5) is 13.2 Å². The molecule has 0 spiro atoms. The molecule has 0 bridgehead atoms. The van der Waals surface area contributed by atoms with Gasteiger partial charge >= 0.3 is 13.1 Å². The van der Waals surface area contributed by atoms with Gasteiger partial charge in [-0.2, -0.15) is 13.2 Å². The smallest absolute Gasteiger partial charge is 0.375 e. The Labute approximate surface area is 107 Å². The third kappa shape index (κ3) is 10.2. The number of ether oxygens (including phenoxy) is 1. The second-order valence-electron chi connectivity index (χ2n) is 3.64. The van der Waals surface area contributed by atoms with Gasteiger partial charge in [0.1, 0.15) is 0 Å². The molecule has 17 heavy (non-hydrogen) atoms. The molecule has 0 aromatic carbocycles. The Bertz CT molecular complexity index is 295. The van der Waals surface area contributed by atoms with Crippen LogP contribution in [-0.2, 0) is 13.8 Å². The van der Waals surface area contributed by atoms with Crippen LogP contribution in [0, 0.1) is 0 Å². The van der Waals surface area contributed by atoms with E-state index >= 15 is 0 Å². The number of thiol groups is 1. The molecule has 0 radical (unpaired) electrons. The van der Waals surface area contributed by atoms with Crippen LogP contribution in [0.5, 0.6) is 0 Å². The fraction of sp³-hybridized carbons (Fsp3) is 1.00. The van der Waals surface area contributed by atoms with E-state index in [4.69, 9.17) is 20.9 Å². The van der Waals surface area contributed by atoms with Crippen molar-refractivity contribution in [3.05, 3.63) is 0 Å². The highest BCUT2D eigenvalue weighted by molar-refractivity contribution is 7.84. The normalized spacial score (nSPS) is 20.1. The summed E-state index contributed by atoms with van der Waals surface area (Å²) < 4.78 is 56.7. The fourth-order valence-electron chi connectivity index (χ4n) is 0.929. The van der Waals surface area contributed by atoms with Crippen molar-refractivity contribution < 1.29 is 31.9 Å². The Morgan fingerprint density at radius 2 is 1.94 bits per heavy atom. The van der Waals surface area contributed by atoms with Crippen molar-refractivity contribution in [1.82, 2.24) is 0 Å². The molecule has 0 saturated carbocycles. The number of halogens is 4. The van der Waals surface area contributed by atoms with Gasteiger partial charge in [-0.25, -0.2) is 4.57 Å². The average Bonchev–Trinajstić information content (AvgIpc) is 1.93. The van der Waals surface area contributed by atoms with Gasteiger partial charge in [-0.3, -0.25) is 4.52 Å². The number of alkyl halides is 3. The first-order chi connectivity index (χ1) is 7.33. The molecule has 0 aliphatic rings. The van der Waals surface area contributed by atoms with E-state index in [2.05, 4.69) is 17.2 Å². The molecule has 0 aliphatic heterocycles. The maximum atomic E-state index is 12.3. The van der Waals surface area contributed by atoms with Crippen LogP contribution < -0.4 is 0 Å². The van der Waals surface area contributed by atoms with Gasteiger partial charge in [0.25, 0.3) is 0 Å². The minimum Gasteiger partial charge on any atom is -0.375 e. The first-order valence-corrected chi connectivity index (χ1v) is 7.40. The summed E-state index contributed by atoms with van der Waals surface area (Å²) in [5.41, 5.74) is 0. The Morgan fingerprint density at radius 3 is 2.24 bits per heavy atom. The van der Waals surface area contributed by atoms with E-state index < -0.39 is 31.1 Å². The van der Waals surface area contributed by atoms with Gasteiger partial charge in [-0.05, 0) is 13.8 Å². The topological polar surface area (TPSA) is 55.8 Å². The summed E-state index contributed by atoms with van der Waals surface area (Å²) in [5.74, 6) is 0. The van der Waals surface area contributed by atoms with Gasteiger partial charge in [0, 0.05) is 11.2 Å². The van der Waals surface area contributed by atoms with Crippen LogP contribution in [0.25, 0.3) is 0 Å². The third-order valence-electron chi connectivity index (χ3n) is 1.40. The second kappa shape index (κ2) is 6.12. The van der Waals surface area contributed by atoms with Crippen molar-refractivity contribution in [1.29, 1.82) is 0 Å². The Kier molecular flexibility index (Phi) is 6.32. The molecule has 10 heteroatoms. The monoisotopic (exact) mass is 316 g/mol. The van der Waals surface area contributed by atoms with E-state index in [0.29, 0.717) is 0 Å². The summed E-state index contributed by atoms with van der Waals surface area (Å²) in [4.78, 5) is 6.45. The van der Waals surface area contributed by atoms with Crippen molar-refractivity contribution in [3.63, 3.8) is 0 Å². The molecule has 1 N–H and O–H groups in total. The highest BCUT2D eigenvalue weighted by Gasteiger charge is 2.45. The van der Waals surface area contributed by atoms with Crippen molar-refractivity contribution in [2.75, 3.05) is 6.61 Å². The Hall–Kier alpha value is 0.540. The lowest BCUT2D eigenvalue weighted by atomic mass is 10.2. The minimum atomic E-state index is -4.63. The molecule has 4 nitrogen and oxygen atoms in total. The molecule has 0 rings (SSSR count). The maximum Gasteiger partial charge on any atom is 0.423 e. The lowest BCUT2D eigenvalue weighted by Gasteiger charge is -2.30. The average molecular weight is 317 g/mol. The van der Waals surface area contributed by atoms with E-state index in [-0.39, 0.29) is 6.10 Å². The van der Waals surface area contributed by atoms with Gasteiger partial charge in [0.15, 0.2) is 4.93 Å². The molecular weight excluding hydrogens is 304 g/mol. The molecule has 0 aromatic rings. The van der Waals surface area contributed by atoms with Crippen molar-refractivity contribution in [3.8, 4) is 0 Å². The summed E-state index contributed by atoms with van der Waals surface area (Å²) in [6.07, 6.45) is -6.58. The summed E-state index contributed by atoms with van der Waals surface area (Å²) in [6, 6.07) is 0. The standard InChI is InChI=1S/C7H13ClF3O4PS/c1-5(2)14-4-6(17,3-7(9,10)11)15-16(8,12)13/h5,17H,3-4H2,1-2H3,(H,12,13). The summed E-state index contributed by atoms with van der Waals surface area (Å²) in [5, 5.41) is 0. The molecule has 2 unspecified atom stereocenters. The van der Waals surface area contributed by atoms with Crippen LogP contribution in [-0.4, -0.2) is 28.7 Å².